The molecule has 126 valence electrons. The highest BCUT2D eigenvalue weighted by atomic mass is 16.4. The molecule has 1 fully saturated rings. The van der Waals surface area contributed by atoms with E-state index < -0.39 is 12.1 Å². The predicted octanol–water partition coefficient (Wildman–Crippen LogP) is 2.48. The Morgan fingerprint density at radius 3 is 2.38 bits per heavy atom. The average molecular weight is 329 g/mol. The molecule has 0 saturated heterocycles. The first-order valence-corrected chi connectivity index (χ1v) is 7.79. The molecule has 0 aliphatic heterocycles. The van der Waals surface area contributed by atoms with Gasteiger partial charge in [0.15, 0.2) is 0 Å². The van der Waals surface area contributed by atoms with Crippen LogP contribution in [-0.4, -0.2) is 23.6 Å². The monoisotopic (exact) mass is 329 g/mol. The number of carbonyl (C=O) groups is 2. The SMILES string of the molecule is O=C(NCC(O)c1ccco1)Nc1ccc(NC(=O)C2CC2)cc1. The van der Waals surface area contributed by atoms with Crippen LogP contribution in [-0.2, 0) is 4.79 Å². The number of hydrogen-bond acceptors (Lipinski definition) is 4. The van der Waals surface area contributed by atoms with Gasteiger partial charge >= 0.3 is 6.03 Å². The lowest BCUT2D eigenvalue weighted by molar-refractivity contribution is -0.117. The molecule has 4 N–H and O–H groups in total. The summed E-state index contributed by atoms with van der Waals surface area (Å²) in [5.41, 5.74) is 1.29. The fourth-order valence-electron chi connectivity index (χ4n) is 2.17. The molecule has 1 aromatic heterocycles. The second-order valence-electron chi connectivity index (χ2n) is 5.71. The number of anilines is 2. The van der Waals surface area contributed by atoms with Crippen molar-refractivity contribution in [1.29, 1.82) is 0 Å². The first-order valence-electron chi connectivity index (χ1n) is 7.79. The van der Waals surface area contributed by atoms with Crippen molar-refractivity contribution in [2.24, 2.45) is 5.92 Å². The Balaban J connectivity index is 1.44. The maximum Gasteiger partial charge on any atom is 0.319 e. The van der Waals surface area contributed by atoms with E-state index in [1.807, 2.05) is 0 Å². The first-order chi connectivity index (χ1) is 11.6. The van der Waals surface area contributed by atoms with E-state index in [0.717, 1.165) is 12.8 Å². The van der Waals surface area contributed by atoms with Gasteiger partial charge in [-0.3, -0.25) is 4.79 Å². The number of urea groups is 1. The molecular formula is C17H19N3O4. The molecule has 1 aliphatic carbocycles. The number of carbonyl (C=O) groups excluding carboxylic acids is 2. The van der Waals surface area contributed by atoms with E-state index in [-0.39, 0.29) is 18.4 Å². The second-order valence-corrected chi connectivity index (χ2v) is 5.71. The number of nitrogens with one attached hydrogen (secondary N) is 3. The Hall–Kier alpha value is -2.80. The zero-order valence-electron chi connectivity index (χ0n) is 13.0. The molecule has 1 aromatic carbocycles. The van der Waals surface area contributed by atoms with Crippen LogP contribution in [0.4, 0.5) is 16.2 Å². The lowest BCUT2D eigenvalue weighted by atomic mass is 10.2. The van der Waals surface area contributed by atoms with Gasteiger partial charge in [-0.25, -0.2) is 4.79 Å². The van der Waals surface area contributed by atoms with Gasteiger partial charge in [0, 0.05) is 17.3 Å². The minimum absolute atomic E-state index is 0.0366. The molecule has 1 saturated carbocycles. The minimum atomic E-state index is -0.897. The fourth-order valence-corrected chi connectivity index (χ4v) is 2.17. The normalized spacial score (nSPS) is 14.7. The summed E-state index contributed by atoms with van der Waals surface area (Å²) in [6.45, 7) is 0.0366. The van der Waals surface area contributed by atoms with E-state index in [1.54, 1.807) is 36.4 Å². The van der Waals surface area contributed by atoms with Crippen molar-refractivity contribution in [2.45, 2.75) is 18.9 Å². The molecule has 3 rings (SSSR count). The van der Waals surface area contributed by atoms with Crippen molar-refractivity contribution in [3.63, 3.8) is 0 Å². The van der Waals surface area contributed by atoms with E-state index in [4.69, 9.17) is 4.42 Å². The van der Waals surface area contributed by atoms with Crippen molar-refractivity contribution in [1.82, 2.24) is 5.32 Å². The van der Waals surface area contributed by atoms with Crippen molar-refractivity contribution in [3.05, 3.63) is 48.4 Å². The van der Waals surface area contributed by atoms with Crippen molar-refractivity contribution >= 4 is 23.3 Å². The van der Waals surface area contributed by atoms with Gasteiger partial charge in [0.25, 0.3) is 0 Å². The van der Waals surface area contributed by atoms with Crippen molar-refractivity contribution < 1.29 is 19.1 Å². The number of rotatable bonds is 6. The van der Waals surface area contributed by atoms with E-state index in [1.165, 1.54) is 6.26 Å². The minimum Gasteiger partial charge on any atom is -0.467 e. The second kappa shape index (κ2) is 7.18. The lowest BCUT2D eigenvalue weighted by Crippen LogP contribution is -2.32. The third-order valence-corrected chi connectivity index (χ3v) is 3.69. The van der Waals surface area contributed by atoms with Crippen LogP contribution in [0.2, 0.25) is 0 Å². The van der Waals surface area contributed by atoms with Crippen LogP contribution in [0.5, 0.6) is 0 Å². The van der Waals surface area contributed by atoms with Crippen molar-refractivity contribution in [2.75, 3.05) is 17.2 Å². The highest BCUT2D eigenvalue weighted by Gasteiger charge is 2.29. The summed E-state index contributed by atoms with van der Waals surface area (Å²) in [4.78, 5) is 23.5. The van der Waals surface area contributed by atoms with Crippen LogP contribution in [0.25, 0.3) is 0 Å². The number of aliphatic hydroxyl groups excluding tert-OH is 1. The molecular weight excluding hydrogens is 310 g/mol. The van der Waals surface area contributed by atoms with Crippen LogP contribution in [0, 0.1) is 5.92 Å². The number of hydrogen-bond donors (Lipinski definition) is 4. The molecule has 24 heavy (non-hydrogen) atoms. The number of aliphatic hydroxyl groups is 1. The standard InChI is InChI=1S/C17H19N3O4/c21-14(15-2-1-9-24-15)10-18-17(23)20-13-7-5-12(6-8-13)19-16(22)11-3-4-11/h1-2,5-9,11,14,21H,3-4,10H2,(H,19,22)(H2,18,20,23). The Bertz CT molecular complexity index is 693. The molecule has 1 heterocycles. The van der Waals surface area contributed by atoms with Gasteiger partial charge in [0.1, 0.15) is 11.9 Å². The summed E-state index contributed by atoms with van der Waals surface area (Å²) in [6.07, 6.45) is 2.47. The van der Waals surface area contributed by atoms with Gasteiger partial charge in [-0.15, -0.1) is 0 Å². The number of benzene rings is 1. The molecule has 7 heteroatoms. The van der Waals surface area contributed by atoms with Gasteiger partial charge in [-0.05, 0) is 49.2 Å². The fraction of sp³-hybridized carbons (Fsp3) is 0.294. The average Bonchev–Trinajstić information content (AvgIpc) is 3.29. The summed E-state index contributed by atoms with van der Waals surface area (Å²) in [6, 6.07) is 9.73. The maximum atomic E-state index is 11.8. The van der Waals surface area contributed by atoms with Gasteiger partial charge in [-0.1, -0.05) is 0 Å². The summed E-state index contributed by atoms with van der Waals surface area (Å²) in [7, 11) is 0. The molecule has 2 aromatic rings. The van der Waals surface area contributed by atoms with E-state index >= 15 is 0 Å². The zero-order chi connectivity index (χ0) is 16.9. The molecule has 3 amide bonds. The van der Waals surface area contributed by atoms with Gasteiger partial charge < -0.3 is 25.5 Å². The van der Waals surface area contributed by atoms with Crippen LogP contribution in [0.15, 0.2) is 47.1 Å². The maximum absolute atomic E-state index is 11.8. The van der Waals surface area contributed by atoms with E-state index in [0.29, 0.717) is 17.1 Å². The van der Waals surface area contributed by atoms with Gasteiger partial charge in [0.2, 0.25) is 5.91 Å². The third kappa shape index (κ3) is 4.36. The molecule has 1 atom stereocenters. The molecule has 7 nitrogen and oxygen atoms in total. The van der Waals surface area contributed by atoms with Crippen LogP contribution < -0.4 is 16.0 Å². The quantitative estimate of drug-likeness (QED) is 0.653. The third-order valence-electron chi connectivity index (χ3n) is 3.69. The molecule has 1 unspecified atom stereocenters. The topological polar surface area (TPSA) is 104 Å². The number of amides is 3. The first kappa shape index (κ1) is 16.1. The highest BCUT2D eigenvalue weighted by molar-refractivity contribution is 5.94. The van der Waals surface area contributed by atoms with E-state index in [2.05, 4.69) is 16.0 Å². The smallest absolute Gasteiger partial charge is 0.319 e. The molecule has 0 radical (unpaired) electrons. The van der Waals surface area contributed by atoms with Crippen LogP contribution in [0.1, 0.15) is 24.7 Å². The van der Waals surface area contributed by atoms with Gasteiger partial charge in [0.05, 0.1) is 12.8 Å². The Morgan fingerprint density at radius 2 is 1.79 bits per heavy atom. The van der Waals surface area contributed by atoms with E-state index in [9.17, 15) is 14.7 Å². The van der Waals surface area contributed by atoms with Crippen molar-refractivity contribution in [3.8, 4) is 0 Å². The van der Waals surface area contributed by atoms with Crippen LogP contribution >= 0.6 is 0 Å². The van der Waals surface area contributed by atoms with Gasteiger partial charge in [-0.2, -0.15) is 0 Å². The Kier molecular flexibility index (Phi) is 4.81. The number of furan rings is 1. The molecule has 0 bridgehead atoms. The Labute approximate surface area is 139 Å². The predicted molar refractivity (Wildman–Crippen MR) is 88.5 cm³/mol. The molecule has 1 aliphatic rings. The summed E-state index contributed by atoms with van der Waals surface area (Å²) in [5.74, 6) is 0.584. The Morgan fingerprint density at radius 1 is 1.12 bits per heavy atom. The summed E-state index contributed by atoms with van der Waals surface area (Å²) in [5, 5.41) is 17.9. The summed E-state index contributed by atoms with van der Waals surface area (Å²) >= 11 is 0. The highest BCUT2D eigenvalue weighted by Crippen LogP contribution is 2.30. The summed E-state index contributed by atoms with van der Waals surface area (Å²) < 4.78 is 5.06. The largest absolute Gasteiger partial charge is 0.467 e. The molecule has 0 spiro atoms. The zero-order valence-corrected chi connectivity index (χ0v) is 13.0. The van der Waals surface area contributed by atoms with Crippen LogP contribution in [0.3, 0.4) is 0 Å². The lowest BCUT2D eigenvalue weighted by Gasteiger charge is -2.11.